The van der Waals surface area contributed by atoms with Crippen LogP contribution in [0.3, 0.4) is 0 Å². The van der Waals surface area contributed by atoms with Crippen molar-refractivity contribution in [3.8, 4) is 5.75 Å². The van der Waals surface area contributed by atoms with Crippen LogP contribution in [-0.4, -0.2) is 36.8 Å². The van der Waals surface area contributed by atoms with Crippen LogP contribution in [-0.2, 0) is 4.79 Å². The Balaban J connectivity index is 1.46. The molecule has 0 aromatic heterocycles. The number of anilines is 1. The predicted molar refractivity (Wildman–Crippen MR) is 131 cm³/mol. The SMILES string of the molecule is COc1ccc(C(=O)C2CCN(C(C(=O)Nc3ccc(C)cc3)c3ccccc3)CC2)cc1. The lowest BCUT2D eigenvalue weighted by Gasteiger charge is -2.36. The number of nitrogens with zero attached hydrogens (tertiary/aromatic N) is 1. The first-order chi connectivity index (χ1) is 16.0. The van der Waals surface area contributed by atoms with Crippen LogP contribution in [0.5, 0.6) is 5.75 Å². The molecule has 0 aliphatic carbocycles. The van der Waals surface area contributed by atoms with Gasteiger partial charge in [-0.15, -0.1) is 0 Å². The number of ketones is 1. The largest absolute Gasteiger partial charge is 0.497 e. The summed E-state index contributed by atoms with van der Waals surface area (Å²) in [4.78, 5) is 28.6. The third-order valence-electron chi connectivity index (χ3n) is 6.32. The molecule has 170 valence electrons. The van der Waals surface area contributed by atoms with E-state index in [0.29, 0.717) is 18.7 Å². The van der Waals surface area contributed by atoms with E-state index in [1.54, 1.807) is 7.11 Å². The van der Waals surface area contributed by atoms with Gasteiger partial charge in [-0.1, -0.05) is 48.0 Å². The van der Waals surface area contributed by atoms with E-state index in [9.17, 15) is 9.59 Å². The first-order valence-corrected chi connectivity index (χ1v) is 11.4. The second-order valence-corrected chi connectivity index (χ2v) is 8.57. The quantitative estimate of drug-likeness (QED) is 0.506. The monoisotopic (exact) mass is 442 g/mol. The summed E-state index contributed by atoms with van der Waals surface area (Å²) >= 11 is 0. The molecule has 5 nitrogen and oxygen atoms in total. The molecule has 0 radical (unpaired) electrons. The van der Waals surface area contributed by atoms with Gasteiger partial charge in [-0.2, -0.15) is 0 Å². The first-order valence-electron chi connectivity index (χ1n) is 11.4. The van der Waals surface area contributed by atoms with Crippen LogP contribution in [0, 0.1) is 12.8 Å². The van der Waals surface area contributed by atoms with Gasteiger partial charge in [-0.3, -0.25) is 14.5 Å². The zero-order valence-corrected chi connectivity index (χ0v) is 19.2. The number of carbonyl (C=O) groups is 2. The molecule has 1 heterocycles. The van der Waals surface area contributed by atoms with Gasteiger partial charge in [0, 0.05) is 17.2 Å². The fourth-order valence-corrected chi connectivity index (χ4v) is 4.42. The van der Waals surface area contributed by atoms with Crippen molar-refractivity contribution in [2.45, 2.75) is 25.8 Å². The number of hydrogen-bond donors (Lipinski definition) is 1. The molecule has 1 aliphatic heterocycles. The number of amides is 1. The molecule has 5 heteroatoms. The summed E-state index contributed by atoms with van der Waals surface area (Å²) in [6.45, 7) is 3.40. The molecule has 1 N–H and O–H groups in total. The van der Waals surface area contributed by atoms with Crippen LogP contribution >= 0.6 is 0 Å². The van der Waals surface area contributed by atoms with Crippen LogP contribution in [0.25, 0.3) is 0 Å². The third kappa shape index (κ3) is 5.49. The lowest BCUT2D eigenvalue weighted by Crippen LogP contribution is -2.43. The standard InChI is InChI=1S/C28H30N2O3/c1-20-8-12-24(13-9-20)29-28(32)26(21-6-4-3-5-7-21)30-18-16-23(17-19-30)27(31)22-10-14-25(33-2)15-11-22/h3-15,23,26H,16-19H2,1-2H3,(H,29,32). The number of hydrogen-bond acceptors (Lipinski definition) is 4. The van der Waals surface area contributed by atoms with Gasteiger partial charge in [-0.25, -0.2) is 0 Å². The van der Waals surface area contributed by atoms with Crippen molar-refractivity contribution in [2.75, 3.05) is 25.5 Å². The first kappa shape index (κ1) is 22.7. The summed E-state index contributed by atoms with van der Waals surface area (Å²) in [6, 6.07) is 24.6. The Morgan fingerprint density at radius 1 is 0.909 bits per heavy atom. The van der Waals surface area contributed by atoms with Gasteiger partial charge in [0.25, 0.3) is 0 Å². The minimum absolute atomic E-state index is 0.0359. The zero-order chi connectivity index (χ0) is 23.2. The molecule has 3 aromatic rings. The lowest BCUT2D eigenvalue weighted by molar-refractivity contribution is -0.122. The minimum Gasteiger partial charge on any atom is -0.497 e. The minimum atomic E-state index is -0.399. The summed E-state index contributed by atoms with van der Waals surface area (Å²) < 4.78 is 5.19. The molecule has 0 saturated carbocycles. The van der Waals surface area contributed by atoms with Gasteiger partial charge in [0.05, 0.1) is 7.11 Å². The van der Waals surface area contributed by atoms with E-state index in [1.807, 2.05) is 85.8 Å². The van der Waals surface area contributed by atoms with Gasteiger partial charge < -0.3 is 10.1 Å². The highest BCUT2D eigenvalue weighted by Crippen LogP contribution is 2.30. The molecule has 1 atom stereocenters. The number of nitrogens with one attached hydrogen (secondary N) is 1. The summed E-state index contributed by atoms with van der Waals surface area (Å²) in [6.07, 6.45) is 1.46. The van der Waals surface area contributed by atoms with Crippen LogP contribution in [0.2, 0.25) is 0 Å². The molecule has 1 unspecified atom stereocenters. The second-order valence-electron chi connectivity index (χ2n) is 8.57. The zero-order valence-electron chi connectivity index (χ0n) is 19.2. The van der Waals surface area contributed by atoms with Crippen LogP contribution in [0.4, 0.5) is 5.69 Å². The number of likely N-dealkylation sites (tertiary alicyclic amines) is 1. The van der Waals surface area contributed by atoms with Gasteiger partial charge in [0.1, 0.15) is 11.8 Å². The van der Waals surface area contributed by atoms with E-state index in [0.717, 1.165) is 35.4 Å². The number of benzene rings is 3. The molecule has 0 spiro atoms. The number of aryl methyl sites for hydroxylation is 1. The molecule has 1 aliphatic rings. The summed E-state index contributed by atoms with van der Waals surface area (Å²) in [7, 11) is 1.62. The Morgan fingerprint density at radius 2 is 1.55 bits per heavy atom. The molecule has 4 rings (SSSR count). The van der Waals surface area contributed by atoms with E-state index < -0.39 is 6.04 Å². The van der Waals surface area contributed by atoms with E-state index >= 15 is 0 Å². The van der Waals surface area contributed by atoms with Crippen LogP contribution < -0.4 is 10.1 Å². The molecule has 3 aromatic carbocycles. The van der Waals surface area contributed by atoms with E-state index in [1.165, 1.54) is 0 Å². The predicted octanol–water partition coefficient (Wildman–Crippen LogP) is 5.28. The highest BCUT2D eigenvalue weighted by atomic mass is 16.5. The van der Waals surface area contributed by atoms with Crippen molar-refractivity contribution in [3.05, 3.63) is 95.6 Å². The number of piperidine rings is 1. The number of methoxy groups -OCH3 is 1. The Hall–Kier alpha value is -3.44. The summed E-state index contributed by atoms with van der Waals surface area (Å²) in [5, 5.41) is 3.08. The van der Waals surface area contributed by atoms with E-state index in [4.69, 9.17) is 4.74 Å². The number of carbonyl (C=O) groups excluding carboxylic acids is 2. The fourth-order valence-electron chi connectivity index (χ4n) is 4.42. The Kier molecular flexibility index (Phi) is 7.20. The van der Waals surface area contributed by atoms with Gasteiger partial charge in [-0.05, 0) is 74.8 Å². The Labute approximate surface area is 195 Å². The average Bonchev–Trinajstić information content (AvgIpc) is 2.86. The summed E-state index contributed by atoms with van der Waals surface area (Å²) in [5.41, 5.74) is 3.61. The number of Topliss-reactive ketones (excluding diaryl/α,β-unsaturated/α-hetero) is 1. The molecule has 1 amide bonds. The van der Waals surface area contributed by atoms with Crippen molar-refractivity contribution in [1.82, 2.24) is 4.90 Å². The third-order valence-corrected chi connectivity index (χ3v) is 6.32. The molecule has 1 saturated heterocycles. The smallest absolute Gasteiger partial charge is 0.246 e. The Morgan fingerprint density at radius 3 is 2.15 bits per heavy atom. The summed E-state index contributed by atoms with van der Waals surface area (Å²) in [5.74, 6) is 0.820. The van der Waals surface area contributed by atoms with Crippen molar-refractivity contribution >= 4 is 17.4 Å². The number of rotatable bonds is 7. The maximum absolute atomic E-state index is 13.4. The highest BCUT2D eigenvalue weighted by molar-refractivity contribution is 5.98. The Bertz CT molecular complexity index is 1070. The second kappa shape index (κ2) is 10.5. The number of ether oxygens (including phenoxy) is 1. The van der Waals surface area contributed by atoms with Crippen molar-refractivity contribution in [3.63, 3.8) is 0 Å². The normalized spacial score (nSPS) is 15.6. The van der Waals surface area contributed by atoms with E-state index in [2.05, 4.69) is 10.2 Å². The average molecular weight is 443 g/mol. The van der Waals surface area contributed by atoms with Crippen molar-refractivity contribution in [2.24, 2.45) is 5.92 Å². The molecule has 1 fully saturated rings. The fraction of sp³-hybridized carbons (Fsp3) is 0.286. The van der Waals surface area contributed by atoms with Crippen LogP contribution in [0.1, 0.15) is 40.4 Å². The maximum Gasteiger partial charge on any atom is 0.246 e. The maximum atomic E-state index is 13.4. The topological polar surface area (TPSA) is 58.6 Å². The van der Waals surface area contributed by atoms with Crippen molar-refractivity contribution in [1.29, 1.82) is 0 Å². The van der Waals surface area contributed by atoms with E-state index in [-0.39, 0.29) is 17.6 Å². The van der Waals surface area contributed by atoms with Gasteiger partial charge >= 0.3 is 0 Å². The lowest BCUT2D eigenvalue weighted by atomic mass is 9.87. The molecule has 33 heavy (non-hydrogen) atoms. The van der Waals surface area contributed by atoms with Gasteiger partial charge in [0.15, 0.2) is 5.78 Å². The van der Waals surface area contributed by atoms with Gasteiger partial charge in [0.2, 0.25) is 5.91 Å². The highest BCUT2D eigenvalue weighted by Gasteiger charge is 2.33. The van der Waals surface area contributed by atoms with Crippen molar-refractivity contribution < 1.29 is 14.3 Å². The van der Waals surface area contributed by atoms with Crippen LogP contribution in [0.15, 0.2) is 78.9 Å². The molecule has 0 bridgehead atoms. The molecular weight excluding hydrogens is 412 g/mol. The molecular formula is C28H30N2O3.